The number of benzene rings is 2. The Labute approximate surface area is 289 Å². The Morgan fingerprint density at radius 3 is 1.70 bits per heavy atom. The summed E-state index contributed by atoms with van der Waals surface area (Å²) in [5, 5.41) is 1.49. The second kappa shape index (κ2) is 13.9. The summed E-state index contributed by atoms with van der Waals surface area (Å²) in [6.45, 7) is 14.8. The molecule has 252 valence electrons. The van der Waals surface area contributed by atoms with Gasteiger partial charge in [-0.15, -0.1) is 4.90 Å². The predicted octanol–water partition coefficient (Wildman–Crippen LogP) is 8.53. The van der Waals surface area contributed by atoms with Gasteiger partial charge >= 0.3 is 18.3 Å². The van der Waals surface area contributed by atoms with Gasteiger partial charge in [0.15, 0.2) is 0 Å². The first-order valence-electron chi connectivity index (χ1n) is 14.4. The number of nitrogens with one attached hydrogen (secondary N) is 1. The zero-order valence-electron chi connectivity index (χ0n) is 27.6. The lowest BCUT2D eigenvalue weighted by Gasteiger charge is -2.27. The Bertz CT molecular complexity index is 1830. The van der Waals surface area contributed by atoms with Crippen LogP contribution in [0, 0.1) is 0 Å². The van der Waals surface area contributed by atoms with Crippen LogP contribution in [0.15, 0.2) is 57.7 Å². The molecular formula is C33H38Br2N4O8. The van der Waals surface area contributed by atoms with Gasteiger partial charge in [-0.1, -0.05) is 31.9 Å². The average Bonchev–Trinajstić information content (AvgIpc) is 3.51. The highest BCUT2D eigenvalue weighted by Gasteiger charge is 2.38. The number of imide groups is 3. The summed E-state index contributed by atoms with van der Waals surface area (Å²) in [5.41, 5.74) is 3.83. The number of primary amides is 1. The minimum atomic E-state index is -1.20. The molecule has 0 aliphatic carbocycles. The zero-order valence-corrected chi connectivity index (χ0v) is 30.8. The number of nitrogens with two attached hydrogens (primary N) is 1. The van der Waals surface area contributed by atoms with Gasteiger partial charge in [0.05, 0.1) is 22.2 Å². The van der Waals surface area contributed by atoms with Gasteiger partial charge in [0.25, 0.3) is 11.8 Å². The van der Waals surface area contributed by atoms with Crippen molar-refractivity contribution < 1.29 is 38.2 Å². The highest BCUT2D eigenvalue weighted by atomic mass is 79.9. The van der Waals surface area contributed by atoms with Gasteiger partial charge in [0.2, 0.25) is 0 Å². The van der Waals surface area contributed by atoms with Gasteiger partial charge in [0, 0.05) is 32.1 Å². The van der Waals surface area contributed by atoms with Crippen LogP contribution in [0.3, 0.4) is 0 Å². The highest BCUT2D eigenvalue weighted by molar-refractivity contribution is 9.10. The Morgan fingerprint density at radius 2 is 1.21 bits per heavy atom. The number of aromatic amines is 1. The van der Waals surface area contributed by atoms with Crippen LogP contribution in [0.25, 0.3) is 21.8 Å². The normalized spacial score (nSPS) is 11.8. The maximum absolute atomic E-state index is 13.7. The molecule has 47 heavy (non-hydrogen) atoms. The van der Waals surface area contributed by atoms with E-state index in [1.54, 1.807) is 86.7 Å². The van der Waals surface area contributed by atoms with E-state index in [9.17, 15) is 24.0 Å². The second-order valence-electron chi connectivity index (χ2n) is 13.4. The third kappa shape index (κ3) is 9.91. The summed E-state index contributed by atoms with van der Waals surface area (Å²) >= 11 is 6.65. The van der Waals surface area contributed by atoms with E-state index < -0.39 is 46.9 Å². The van der Waals surface area contributed by atoms with Crippen molar-refractivity contribution >= 4 is 83.8 Å². The largest absolute Gasteiger partial charge is 0.443 e. The predicted molar refractivity (Wildman–Crippen MR) is 184 cm³/mol. The van der Waals surface area contributed by atoms with Gasteiger partial charge in [-0.05, 0) is 98.7 Å². The number of amides is 4. The van der Waals surface area contributed by atoms with Crippen molar-refractivity contribution in [3.05, 3.63) is 68.9 Å². The topological polar surface area (TPSA) is 163 Å². The molecule has 4 aromatic rings. The number of carbonyl (C=O) groups is 5. The van der Waals surface area contributed by atoms with Crippen LogP contribution in [0.2, 0.25) is 0 Å². The fourth-order valence-corrected chi connectivity index (χ4v) is 5.13. The molecule has 4 amide bonds. The van der Waals surface area contributed by atoms with E-state index in [4.69, 9.17) is 19.9 Å². The van der Waals surface area contributed by atoms with E-state index in [2.05, 4.69) is 36.8 Å². The number of halogens is 2. The third-order valence-electron chi connectivity index (χ3n) is 5.81. The molecule has 2 aromatic heterocycles. The number of hydrogen-bond donors (Lipinski definition) is 2. The molecule has 0 atom stereocenters. The number of carbonyl (C=O) groups excluding carboxylic acids is 5. The van der Waals surface area contributed by atoms with Crippen LogP contribution >= 0.6 is 31.9 Å². The third-order valence-corrected chi connectivity index (χ3v) is 6.73. The van der Waals surface area contributed by atoms with Crippen molar-refractivity contribution in [1.82, 2.24) is 14.5 Å². The Hall–Kier alpha value is -4.17. The Kier molecular flexibility index (Phi) is 11.0. The number of H-pyrrole nitrogens is 1. The fraction of sp³-hybridized carbons (Fsp3) is 0.364. The molecule has 0 bridgehead atoms. The summed E-state index contributed by atoms with van der Waals surface area (Å²) in [4.78, 5) is 66.7. The number of aromatic nitrogens is 2. The first-order valence-corrected chi connectivity index (χ1v) is 16.0. The number of rotatable bonds is 2. The summed E-state index contributed by atoms with van der Waals surface area (Å²) in [6.07, 6.45) is 0.113. The number of hydrogen-bond acceptors (Lipinski definition) is 8. The van der Waals surface area contributed by atoms with Crippen molar-refractivity contribution in [2.75, 3.05) is 0 Å². The number of nitrogens with zero attached hydrogens (tertiary/aromatic N) is 2. The molecular weight excluding hydrogens is 740 g/mol. The van der Waals surface area contributed by atoms with E-state index in [1.165, 1.54) is 12.3 Å². The molecule has 0 saturated heterocycles. The van der Waals surface area contributed by atoms with Crippen molar-refractivity contribution in [2.24, 2.45) is 5.73 Å². The Balaban J connectivity index is 0.000000380. The maximum Gasteiger partial charge on any atom is 0.427 e. The van der Waals surface area contributed by atoms with E-state index in [1.807, 2.05) is 12.1 Å². The SMILES string of the molecule is CC(C)(C)OC(=O)N(C(=O)OC(C)(C)C)C(=O)c1cc(Br)cc2ccn(C(=O)OC(C)(C)C)c12.NC(=O)c1cc(Br)cc2cc[nH]c12. The van der Waals surface area contributed by atoms with E-state index >= 15 is 0 Å². The van der Waals surface area contributed by atoms with E-state index in [0.29, 0.717) is 20.3 Å². The monoisotopic (exact) mass is 776 g/mol. The molecule has 0 unspecified atom stereocenters. The lowest BCUT2D eigenvalue weighted by atomic mass is 10.1. The fourth-order valence-electron chi connectivity index (χ4n) is 4.18. The molecule has 2 heterocycles. The minimum absolute atomic E-state index is 0.100. The van der Waals surface area contributed by atoms with Gasteiger partial charge in [-0.2, -0.15) is 0 Å². The summed E-state index contributed by atoms with van der Waals surface area (Å²) in [7, 11) is 0. The molecule has 0 spiro atoms. The van der Waals surface area contributed by atoms with E-state index in [-0.39, 0.29) is 11.1 Å². The van der Waals surface area contributed by atoms with Crippen molar-refractivity contribution in [3.8, 4) is 0 Å². The van der Waals surface area contributed by atoms with Crippen LogP contribution in [-0.2, 0) is 14.2 Å². The molecule has 0 aliphatic heterocycles. The van der Waals surface area contributed by atoms with Crippen LogP contribution in [-0.4, -0.2) is 61.3 Å². The van der Waals surface area contributed by atoms with Gasteiger partial charge < -0.3 is 24.9 Å². The van der Waals surface area contributed by atoms with Crippen molar-refractivity contribution in [1.29, 1.82) is 0 Å². The smallest absolute Gasteiger partial charge is 0.427 e. The summed E-state index contributed by atoms with van der Waals surface area (Å²) in [6, 6.07) is 10.3. The Morgan fingerprint density at radius 1 is 0.723 bits per heavy atom. The van der Waals surface area contributed by atoms with Gasteiger partial charge in [-0.3, -0.25) is 14.2 Å². The molecule has 14 heteroatoms. The number of ether oxygens (including phenoxy) is 3. The molecule has 0 fully saturated rings. The quantitative estimate of drug-likeness (QED) is 0.191. The van der Waals surface area contributed by atoms with Crippen LogP contribution in [0.5, 0.6) is 0 Å². The van der Waals surface area contributed by atoms with Gasteiger partial charge in [-0.25, -0.2) is 14.4 Å². The first kappa shape index (κ1) is 37.3. The van der Waals surface area contributed by atoms with Crippen molar-refractivity contribution in [3.63, 3.8) is 0 Å². The molecule has 2 aromatic carbocycles. The molecule has 4 rings (SSSR count). The molecule has 3 N–H and O–H groups in total. The zero-order chi connectivity index (χ0) is 35.6. The lowest BCUT2D eigenvalue weighted by Crippen LogP contribution is -2.47. The highest BCUT2D eigenvalue weighted by Crippen LogP contribution is 2.29. The molecule has 0 aliphatic rings. The van der Waals surface area contributed by atoms with Crippen LogP contribution in [0.4, 0.5) is 14.4 Å². The standard InChI is InChI=1S/C24H31BrN2O7.C9H7BrN2O/c1-22(2,3)32-19(29)26-11-10-14-12-15(25)13-16(17(14)26)18(28)27(20(30)33-23(4,5)6)21(31)34-24(7,8)9;10-6-3-5-1-2-12-8(5)7(4-6)9(11)13/h10-13H,1-9H3;1-4,12H,(H2,11,13). The van der Waals surface area contributed by atoms with Crippen molar-refractivity contribution in [2.45, 2.75) is 79.1 Å². The molecule has 0 saturated carbocycles. The minimum Gasteiger partial charge on any atom is -0.443 e. The van der Waals surface area contributed by atoms with Crippen LogP contribution < -0.4 is 5.73 Å². The maximum atomic E-state index is 13.7. The second-order valence-corrected chi connectivity index (χ2v) is 15.2. The molecule has 12 nitrogen and oxygen atoms in total. The summed E-state index contributed by atoms with van der Waals surface area (Å²) < 4.78 is 18.6. The first-order chi connectivity index (χ1) is 21.5. The van der Waals surface area contributed by atoms with E-state index in [0.717, 1.165) is 19.9 Å². The number of fused-ring (bicyclic) bond motifs is 2. The average molecular weight is 778 g/mol. The molecule has 0 radical (unpaired) electrons. The van der Waals surface area contributed by atoms with Crippen LogP contribution in [0.1, 0.15) is 83.0 Å². The summed E-state index contributed by atoms with van der Waals surface area (Å²) in [5.74, 6) is -1.44. The lowest BCUT2D eigenvalue weighted by molar-refractivity contribution is 0.00396. The van der Waals surface area contributed by atoms with Gasteiger partial charge in [0.1, 0.15) is 16.8 Å².